The van der Waals surface area contributed by atoms with E-state index in [1.165, 1.54) is 4.31 Å². The normalized spacial score (nSPS) is 32.9. The Morgan fingerprint density at radius 2 is 1.84 bits per heavy atom. The summed E-state index contributed by atoms with van der Waals surface area (Å²) in [5.41, 5.74) is 6.16. The van der Waals surface area contributed by atoms with E-state index in [1.54, 1.807) is 30.3 Å². The first kappa shape index (κ1) is 17.0. The van der Waals surface area contributed by atoms with Crippen molar-refractivity contribution in [3.05, 3.63) is 30.3 Å². The van der Waals surface area contributed by atoms with Crippen LogP contribution in [0.4, 0.5) is 0 Å². The smallest absolute Gasteiger partial charge is 0.243 e. The second-order valence-electron chi connectivity index (χ2n) is 7.50. The zero-order valence-corrected chi connectivity index (χ0v) is 15.1. The zero-order chi connectivity index (χ0) is 17.6. The highest BCUT2D eigenvalue weighted by Crippen LogP contribution is 2.38. The van der Waals surface area contributed by atoms with Crippen molar-refractivity contribution in [2.45, 2.75) is 42.7 Å². The van der Waals surface area contributed by atoms with Gasteiger partial charge >= 0.3 is 0 Å². The molecule has 4 atom stereocenters. The maximum Gasteiger partial charge on any atom is 0.243 e. The number of likely N-dealkylation sites (tertiary alicyclic amines) is 1. The Labute approximate surface area is 149 Å². The molecule has 1 saturated carbocycles. The molecule has 1 aromatic carbocycles. The van der Waals surface area contributed by atoms with E-state index in [2.05, 4.69) is 0 Å². The van der Waals surface area contributed by atoms with Gasteiger partial charge in [-0.05, 0) is 49.7 Å². The molecule has 4 rings (SSSR count). The van der Waals surface area contributed by atoms with Crippen molar-refractivity contribution in [3.8, 4) is 0 Å². The molecule has 2 saturated heterocycles. The molecule has 0 spiro atoms. The van der Waals surface area contributed by atoms with Crippen LogP contribution < -0.4 is 5.73 Å². The number of nitrogens with two attached hydrogens (primary N) is 1. The summed E-state index contributed by atoms with van der Waals surface area (Å²) in [5, 5.41) is 0. The van der Waals surface area contributed by atoms with E-state index >= 15 is 0 Å². The minimum atomic E-state index is -3.63. The highest BCUT2D eigenvalue weighted by Gasteiger charge is 2.47. The molecule has 136 valence electrons. The van der Waals surface area contributed by atoms with E-state index < -0.39 is 16.1 Å². The average molecular weight is 363 g/mol. The Kier molecular flexibility index (Phi) is 4.33. The maximum atomic E-state index is 13.1. The van der Waals surface area contributed by atoms with Crippen LogP contribution in [-0.4, -0.2) is 55.2 Å². The molecule has 1 aliphatic carbocycles. The molecule has 7 heteroatoms. The maximum absolute atomic E-state index is 13.1. The van der Waals surface area contributed by atoms with E-state index in [-0.39, 0.29) is 16.8 Å². The van der Waals surface area contributed by atoms with E-state index in [9.17, 15) is 13.2 Å². The third-order valence-electron chi connectivity index (χ3n) is 6.06. The van der Waals surface area contributed by atoms with Crippen LogP contribution in [0.1, 0.15) is 25.7 Å². The molecule has 25 heavy (non-hydrogen) atoms. The fourth-order valence-corrected chi connectivity index (χ4v) is 6.37. The number of fused-ring (bicyclic) bond motifs is 1. The second kappa shape index (κ2) is 6.37. The van der Waals surface area contributed by atoms with Crippen LogP contribution in [0.3, 0.4) is 0 Å². The number of carbonyl (C=O) groups is 1. The first-order valence-electron chi connectivity index (χ1n) is 9.10. The van der Waals surface area contributed by atoms with Crippen molar-refractivity contribution in [1.82, 2.24) is 9.21 Å². The van der Waals surface area contributed by atoms with Gasteiger partial charge in [0.25, 0.3) is 0 Å². The number of sulfonamides is 1. The van der Waals surface area contributed by atoms with E-state index in [1.807, 2.05) is 4.90 Å². The Balaban J connectivity index is 1.53. The molecule has 2 heterocycles. The first-order valence-corrected chi connectivity index (χ1v) is 10.5. The van der Waals surface area contributed by atoms with Gasteiger partial charge < -0.3 is 10.6 Å². The van der Waals surface area contributed by atoms with E-state index in [0.29, 0.717) is 31.3 Å². The lowest BCUT2D eigenvalue weighted by Crippen LogP contribution is -2.47. The summed E-state index contributed by atoms with van der Waals surface area (Å²) in [5.74, 6) is 0.822. The lowest BCUT2D eigenvalue weighted by molar-refractivity contribution is -0.133. The van der Waals surface area contributed by atoms with Crippen molar-refractivity contribution in [2.24, 2.45) is 17.6 Å². The number of carbonyl (C=O) groups excluding carboxylic acids is 1. The fraction of sp³-hybridized carbons (Fsp3) is 0.611. The number of hydrogen-bond acceptors (Lipinski definition) is 4. The van der Waals surface area contributed by atoms with Gasteiger partial charge in [0.1, 0.15) is 6.04 Å². The molecule has 2 aliphatic heterocycles. The molecule has 0 radical (unpaired) electrons. The van der Waals surface area contributed by atoms with Crippen molar-refractivity contribution in [2.75, 3.05) is 19.6 Å². The predicted molar refractivity (Wildman–Crippen MR) is 94.1 cm³/mol. The molecule has 4 unspecified atom stereocenters. The Bertz CT molecular complexity index is 752. The highest BCUT2D eigenvalue weighted by molar-refractivity contribution is 7.89. The molecule has 3 fully saturated rings. The third kappa shape index (κ3) is 2.88. The van der Waals surface area contributed by atoms with Crippen LogP contribution in [0, 0.1) is 11.8 Å². The van der Waals surface area contributed by atoms with Gasteiger partial charge in [-0.3, -0.25) is 4.79 Å². The monoisotopic (exact) mass is 363 g/mol. The second-order valence-corrected chi connectivity index (χ2v) is 9.39. The highest BCUT2D eigenvalue weighted by atomic mass is 32.2. The van der Waals surface area contributed by atoms with Crippen LogP contribution in [0.5, 0.6) is 0 Å². The third-order valence-corrected chi connectivity index (χ3v) is 7.98. The summed E-state index contributed by atoms with van der Waals surface area (Å²) in [7, 11) is -3.63. The summed E-state index contributed by atoms with van der Waals surface area (Å²) < 4.78 is 27.3. The molecule has 6 nitrogen and oxygen atoms in total. The molecule has 0 aromatic heterocycles. The molecule has 2 N–H and O–H groups in total. The van der Waals surface area contributed by atoms with Gasteiger partial charge in [0, 0.05) is 25.7 Å². The van der Waals surface area contributed by atoms with Crippen molar-refractivity contribution in [1.29, 1.82) is 0 Å². The van der Waals surface area contributed by atoms with Gasteiger partial charge in [-0.15, -0.1) is 0 Å². The molecule has 1 aromatic rings. The molecule has 3 aliphatic rings. The van der Waals surface area contributed by atoms with Gasteiger partial charge in [0.15, 0.2) is 0 Å². The lowest BCUT2D eigenvalue weighted by Gasteiger charge is -2.28. The largest absolute Gasteiger partial charge is 0.341 e. The summed E-state index contributed by atoms with van der Waals surface area (Å²) in [6.45, 7) is 1.82. The first-order chi connectivity index (χ1) is 12.0. The summed E-state index contributed by atoms with van der Waals surface area (Å²) in [6, 6.07) is 8.00. The summed E-state index contributed by atoms with van der Waals surface area (Å²) >= 11 is 0. The number of rotatable bonds is 3. The van der Waals surface area contributed by atoms with Crippen LogP contribution in [0.2, 0.25) is 0 Å². The average Bonchev–Trinajstić information content (AvgIpc) is 3.32. The number of benzene rings is 1. The Hall–Kier alpha value is -1.44. The predicted octanol–water partition coefficient (Wildman–Crippen LogP) is 1.04. The van der Waals surface area contributed by atoms with Gasteiger partial charge in [-0.1, -0.05) is 18.2 Å². The van der Waals surface area contributed by atoms with Crippen LogP contribution in [0.25, 0.3) is 0 Å². The Morgan fingerprint density at radius 3 is 2.56 bits per heavy atom. The molecule has 1 amide bonds. The fourth-order valence-electron chi connectivity index (χ4n) is 4.70. The molecule has 0 bridgehead atoms. The van der Waals surface area contributed by atoms with Gasteiger partial charge in [-0.25, -0.2) is 8.42 Å². The van der Waals surface area contributed by atoms with Crippen molar-refractivity contribution in [3.63, 3.8) is 0 Å². The summed E-state index contributed by atoms with van der Waals surface area (Å²) in [6.07, 6.45) is 3.44. The van der Waals surface area contributed by atoms with Crippen LogP contribution >= 0.6 is 0 Å². The van der Waals surface area contributed by atoms with Gasteiger partial charge in [0.05, 0.1) is 4.90 Å². The van der Waals surface area contributed by atoms with Crippen molar-refractivity contribution >= 4 is 15.9 Å². The number of amides is 1. The molecular formula is C18H25N3O3S. The van der Waals surface area contributed by atoms with Crippen LogP contribution in [0.15, 0.2) is 35.2 Å². The van der Waals surface area contributed by atoms with Gasteiger partial charge in [-0.2, -0.15) is 4.31 Å². The minimum Gasteiger partial charge on any atom is -0.341 e. The SMILES string of the molecule is NC1CCC2CN(C(=O)C3CCCN3S(=O)(=O)c3ccccc3)CC12. The van der Waals surface area contributed by atoms with E-state index in [4.69, 9.17) is 5.73 Å². The quantitative estimate of drug-likeness (QED) is 0.870. The topological polar surface area (TPSA) is 83.7 Å². The lowest BCUT2D eigenvalue weighted by atomic mass is 9.98. The van der Waals surface area contributed by atoms with Crippen molar-refractivity contribution < 1.29 is 13.2 Å². The van der Waals surface area contributed by atoms with E-state index in [0.717, 1.165) is 25.8 Å². The van der Waals surface area contributed by atoms with Crippen LogP contribution in [-0.2, 0) is 14.8 Å². The number of nitrogens with zero attached hydrogens (tertiary/aromatic N) is 2. The number of hydrogen-bond donors (Lipinski definition) is 1. The standard InChI is InChI=1S/C18H25N3O3S/c19-16-9-8-13-11-20(12-15(13)16)18(22)17-7-4-10-21(17)25(23,24)14-5-2-1-3-6-14/h1-3,5-6,13,15-17H,4,7-12,19H2. The zero-order valence-electron chi connectivity index (χ0n) is 14.3. The molecular weight excluding hydrogens is 338 g/mol. The summed E-state index contributed by atoms with van der Waals surface area (Å²) in [4.78, 5) is 15.2. The Morgan fingerprint density at radius 1 is 1.08 bits per heavy atom. The van der Waals surface area contributed by atoms with Gasteiger partial charge in [0.2, 0.25) is 15.9 Å². The minimum absolute atomic E-state index is 0.0430.